The predicted octanol–water partition coefficient (Wildman–Crippen LogP) is 6.05. The van der Waals surface area contributed by atoms with Gasteiger partial charge in [-0.15, -0.1) is 21.5 Å². The van der Waals surface area contributed by atoms with E-state index >= 15 is 0 Å². The van der Waals surface area contributed by atoms with Crippen LogP contribution in [0.3, 0.4) is 0 Å². The third-order valence-corrected chi connectivity index (χ3v) is 7.01. The molecule has 0 fully saturated rings. The number of nitrogens with zero attached hydrogens (tertiary/aromatic N) is 4. The number of aromatic nitrogens is 4. The molecule has 0 aliphatic rings. The molecule has 0 saturated carbocycles. The van der Waals surface area contributed by atoms with Crippen molar-refractivity contribution in [2.24, 2.45) is 7.05 Å². The lowest BCUT2D eigenvalue weighted by molar-refractivity contribution is -0.113. The van der Waals surface area contributed by atoms with E-state index in [1.54, 1.807) is 12.3 Å². The third kappa shape index (κ3) is 6.11. The lowest BCUT2D eigenvalue weighted by Crippen LogP contribution is -2.14. The highest BCUT2D eigenvalue weighted by atomic mass is 32.2. The lowest BCUT2D eigenvalue weighted by Gasteiger charge is -2.03. The van der Waals surface area contributed by atoms with Gasteiger partial charge in [0.1, 0.15) is 0 Å². The Morgan fingerprint density at radius 1 is 1.15 bits per heavy atom. The largest absolute Gasteiger partial charge is 0.461 e. The summed E-state index contributed by atoms with van der Waals surface area (Å²) in [6.07, 6.45) is 7.78. The van der Waals surface area contributed by atoms with Crippen molar-refractivity contribution >= 4 is 34.1 Å². The molecule has 7 nitrogen and oxygen atoms in total. The van der Waals surface area contributed by atoms with Crippen LogP contribution in [-0.4, -0.2) is 31.4 Å². The zero-order valence-electron chi connectivity index (χ0n) is 18.8. The van der Waals surface area contributed by atoms with Crippen molar-refractivity contribution in [2.45, 2.75) is 44.2 Å². The normalized spacial score (nSPS) is 11.1. The van der Waals surface area contributed by atoms with Crippen molar-refractivity contribution in [3.05, 3.63) is 53.6 Å². The molecule has 172 valence electrons. The van der Waals surface area contributed by atoms with Gasteiger partial charge in [0.05, 0.1) is 17.7 Å². The molecule has 0 atom stereocenters. The number of carbonyl (C=O) groups is 1. The minimum Gasteiger partial charge on any atom is -0.461 e. The number of carbonyl (C=O) groups excluding carboxylic acids is 1. The van der Waals surface area contributed by atoms with Gasteiger partial charge in [-0.05, 0) is 30.5 Å². The molecular weight excluding hydrogens is 454 g/mol. The quantitative estimate of drug-likeness (QED) is 0.207. The predicted molar refractivity (Wildman–Crippen MR) is 133 cm³/mol. The van der Waals surface area contributed by atoms with Crippen molar-refractivity contribution < 1.29 is 9.21 Å². The van der Waals surface area contributed by atoms with E-state index in [1.165, 1.54) is 54.3 Å². The second-order valence-electron chi connectivity index (χ2n) is 7.72. The van der Waals surface area contributed by atoms with Gasteiger partial charge in [-0.3, -0.25) is 4.79 Å². The van der Waals surface area contributed by atoms with Gasteiger partial charge >= 0.3 is 0 Å². The average Bonchev–Trinajstić information content (AvgIpc) is 3.58. The van der Waals surface area contributed by atoms with Gasteiger partial charge in [-0.1, -0.05) is 62.2 Å². The maximum absolute atomic E-state index is 12.4. The number of furan rings is 1. The number of rotatable bonds is 11. The highest BCUT2D eigenvalue weighted by Gasteiger charge is 2.15. The molecule has 4 aromatic rings. The number of thioether (sulfide) groups is 1. The number of nitrogens with one attached hydrogen (secondary N) is 1. The van der Waals surface area contributed by atoms with Crippen LogP contribution in [-0.2, 0) is 18.3 Å². The SMILES string of the molecule is CCCCCCc1ccc(-c2csc(NC(=O)CSc3nnc(-c4ccco4)n3C)n2)cc1. The molecular formula is C24H27N5O2S2. The minimum absolute atomic E-state index is 0.133. The van der Waals surface area contributed by atoms with E-state index in [2.05, 4.69) is 51.7 Å². The summed E-state index contributed by atoms with van der Waals surface area (Å²) in [7, 11) is 1.85. The summed E-state index contributed by atoms with van der Waals surface area (Å²) in [6.45, 7) is 2.23. The first kappa shape index (κ1) is 23.3. The zero-order valence-corrected chi connectivity index (χ0v) is 20.4. The Bertz CT molecular complexity index is 1170. The molecule has 3 heterocycles. The highest BCUT2D eigenvalue weighted by molar-refractivity contribution is 7.99. The number of benzene rings is 1. The number of thiazole rings is 1. The topological polar surface area (TPSA) is 85.8 Å². The molecule has 0 saturated heterocycles. The van der Waals surface area contributed by atoms with Gasteiger partial charge in [0.25, 0.3) is 0 Å². The van der Waals surface area contributed by atoms with E-state index in [-0.39, 0.29) is 11.7 Å². The van der Waals surface area contributed by atoms with Crippen LogP contribution < -0.4 is 5.32 Å². The summed E-state index contributed by atoms with van der Waals surface area (Å²) >= 11 is 2.74. The van der Waals surface area contributed by atoms with Gasteiger partial charge in [-0.25, -0.2) is 4.98 Å². The van der Waals surface area contributed by atoms with Crippen LogP contribution in [0.25, 0.3) is 22.8 Å². The number of anilines is 1. The molecule has 9 heteroatoms. The van der Waals surface area contributed by atoms with Crippen molar-refractivity contribution in [1.29, 1.82) is 0 Å². The zero-order chi connectivity index (χ0) is 23.0. The Balaban J connectivity index is 1.28. The van der Waals surface area contributed by atoms with Crippen LogP contribution in [0.4, 0.5) is 5.13 Å². The number of amides is 1. The Morgan fingerprint density at radius 2 is 2.00 bits per heavy atom. The van der Waals surface area contributed by atoms with Gasteiger partial charge in [0.2, 0.25) is 5.91 Å². The summed E-state index contributed by atoms with van der Waals surface area (Å²) in [5.41, 5.74) is 3.29. The van der Waals surface area contributed by atoms with Crippen LogP contribution in [0, 0.1) is 0 Å². The summed E-state index contributed by atoms with van der Waals surface area (Å²) in [5.74, 6) is 1.35. The van der Waals surface area contributed by atoms with E-state index in [0.29, 0.717) is 21.9 Å². The fourth-order valence-corrected chi connectivity index (χ4v) is 4.86. The molecule has 1 aromatic carbocycles. The summed E-state index contributed by atoms with van der Waals surface area (Å²) in [6, 6.07) is 12.2. The van der Waals surface area contributed by atoms with E-state index < -0.39 is 0 Å². The molecule has 4 rings (SSSR count). The monoisotopic (exact) mass is 481 g/mol. The summed E-state index contributed by atoms with van der Waals surface area (Å²) < 4.78 is 7.18. The molecule has 33 heavy (non-hydrogen) atoms. The molecule has 0 unspecified atom stereocenters. The van der Waals surface area contributed by atoms with Crippen molar-refractivity contribution in [3.8, 4) is 22.8 Å². The standard InChI is InChI=1S/C24H27N5O2S2/c1-3-4-5-6-8-17-10-12-18(13-11-17)19-15-32-23(25-19)26-21(30)16-33-24-28-27-22(29(24)2)20-9-7-14-31-20/h7,9-15H,3-6,8,16H2,1-2H3,(H,25,26,30). The number of hydrogen-bond donors (Lipinski definition) is 1. The van der Waals surface area contributed by atoms with Crippen LogP contribution in [0.2, 0.25) is 0 Å². The first-order valence-corrected chi connectivity index (χ1v) is 12.9. The number of hydrogen-bond acceptors (Lipinski definition) is 7. The Kier molecular flexibility index (Phi) is 7.96. The molecule has 1 N–H and O–H groups in total. The van der Waals surface area contributed by atoms with Crippen molar-refractivity contribution in [3.63, 3.8) is 0 Å². The van der Waals surface area contributed by atoms with Crippen LogP contribution in [0.1, 0.15) is 38.2 Å². The van der Waals surface area contributed by atoms with Gasteiger partial charge < -0.3 is 14.3 Å². The fraction of sp³-hybridized carbons (Fsp3) is 0.333. The smallest absolute Gasteiger partial charge is 0.236 e. The van der Waals surface area contributed by atoms with Crippen LogP contribution in [0.5, 0.6) is 0 Å². The Labute approximate surface area is 201 Å². The first-order valence-electron chi connectivity index (χ1n) is 11.0. The maximum atomic E-state index is 12.4. The molecule has 0 bridgehead atoms. The average molecular weight is 482 g/mol. The lowest BCUT2D eigenvalue weighted by atomic mass is 10.0. The number of unbranched alkanes of at least 4 members (excludes halogenated alkanes) is 3. The Morgan fingerprint density at radius 3 is 2.76 bits per heavy atom. The highest BCUT2D eigenvalue weighted by Crippen LogP contribution is 2.26. The molecule has 0 radical (unpaired) electrons. The summed E-state index contributed by atoms with van der Waals surface area (Å²) in [5, 5.41) is 14.4. The van der Waals surface area contributed by atoms with E-state index in [4.69, 9.17) is 4.42 Å². The van der Waals surface area contributed by atoms with Gasteiger partial charge in [-0.2, -0.15) is 0 Å². The molecule has 3 aromatic heterocycles. The van der Waals surface area contributed by atoms with E-state index in [1.807, 2.05) is 23.1 Å². The fourth-order valence-electron chi connectivity index (χ4n) is 3.41. The second kappa shape index (κ2) is 11.3. The van der Waals surface area contributed by atoms with E-state index in [9.17, 15) is 4.79 Å². The van der Waals surface area contributed by atoms with E-state index in [0.717, 1.165) is 17.7 Å². The second-order valence-corrected chi connectivity index (χ2v) is 9.53. The van der Waals surface area contributed by atoms with Gasteiger partial charge in [0.15, 0.2) is 21.9 Å². The van der Waals surface area contributed by atoms with Crippen LogP contribution >= 0.6 is 23.1 Å². The minimum atomic E-state index is -0.133. The summed E-state index contributed by atoms with van der Waals surface area (Å²) in [4.78, 5) is 17.0. The van der Waals surface area contributed by atoms with Crippen LogP contribution in [0.15, 0.2) is 57.6 Å². The molecule has 1 amide bonds. The maximum Gasteiger partial charge on any atom is 0.236 e. The Hall–Kier alpha value is -2.91. The third-order valence-electron chi connectivity index (χ3n) is 5.23. The number of aryl methyl sites for hydroxylation is 1. The van der Waals surface area contributed by atoms with Crippen molar-refractivity contribution in [2.75, 3.05) is 11.1 Å². The molecule has 0 aliphatic carbocycles. The van der Waals surface area contributed by atoms with Gasteiger partial charge in [0, 0.05) is 18.0 Å². The first-order chi connectivity index (χ1) is 16.1. The molecule has 0 aliphatic heterocycles. The van der Waals surface area contributed by atoms with Crippen molar-refractivity contribution in [1.82, 2.24) is 19.7 Å². The molecule has 0 spiro atoms.